The Hall–Kier alpha value is -4.49. The van der Waals surface area contributed by atoms with Gasteiger partial charge in [-0.15, -0.1) is 0 Å². The van der Waals surface area contributed by atoms with Crippen molar-refractivity contribution >= 4 is 18.1 Å². The molecule has 0 spiro atoms. The zero-order valence-corrected chi connectivity index (χ0v) is 20.3. The monoisotopic (exact) mass is 481 g/mol. The number of esters is 1. The van der Waals surface area contributed by atoms with Gasteiger partial charge in [-0.05, 0) is 49.2 Å². The van der Waals surface area contributed by atoms with Gasteiger partial charge in [0.25, 0.3) is 5.91 Å². The van der Waals surface area contributed by atoms with E-state index in [1.54, 1.807) is 66.7 Å². The summed E-state index contributed by atoms with van der Waals surface area (Å²) in [5.41, 5.74) is 5.29. The van der Waals surface area contributed by atoms with Crippen LogP contribution in [-0.2, 0) is 15.1 Å². The van der Waals surface area contributed by atoms with E-state index in [4.69, 9.17) is 4.74 Å². The van der Waals surface area contributed by atoms with E-state index in [-0.39, 0.29) is 0 Å². The van der Waals surface area contributed by atoms with Crippen molar-refractivity contribution in [2.24, 2.45) is 5.10 Å². The number of nitrogens with one attached hydrogen (secondary N) is 1. The minimum atomic E-state index is -1.91. The second-order valence-corrected chi connectivity index (χ2v) is 8.35. The maximum atomic E-state index is 13.2. The van der Waals surface area contributed by atoms with Gasteiger partial charge in [0, 0.05) is 22.6 Å². The van der Waals surface area contributed by atoms with Crippen LogP contribution in [0, 0.1) is 13.8 Å². The molecule has 4 aromatic rings. The molecule has 182 valence electrons. The van der Waals surface area contributed by atoms with Crippen LogP contribution in [0.15, 0.2) is 96.1 Å². The van der Waals surface area contributed by atoms with Gasteiger partial charge >= 0.3 is 5.97 Å². The molecule has 0 bridgehead atoms. The Bertz CT molecular complexity index is 1370. The summed E-state index contributed by atoms with van der Waals surface area (Å²) in [6, 6.07) is 26.6. The van der Waals surface area contributed by atoms with Gasteiger partial charge in [-0.2, -0.15) is 5.10 Å². The molecule has 4 rings (SSSR count). The third-order valence-corrected chi connectivity index (χ3v) is 6.08. The maximum absolute atomic E-state index is 13.2. The van der Waals surface area contributed by atoms with E-state index >= 15 is 0 Å². The lowest BCUT2D eigenvalue weighted by Crippen LogP contribution is -2.43. The molecule has 0 fully saturated rings. The first kappa shape index (κ1) is 24.6. The Morgan fingerprint density at radius 2 is 1.53 bits per heavy atom. The van der Waals surface area contributed by atoms with E-state index in [9.17, 15) is 14.7 Å². The van der Waals surface area contributed by atoms with Gasteiger partial charge in [-0.25, -0.2) is 10.2 Å². The van der Waals surface area contributed by atoms with Crippen LogP contribution in [0.5, 0.6) is 0 Å². The number of carbonyl (C=O) groups excluding carboxylic acids is 2. The lowest BCUT2D eigenvalue weighted by molar-refractivity contribution is -0.136. The molecule has 0 radical (unpaired) electrons. The van der Waals surface area contributed by atoms with E-state index in [2.05, 4.69) is 10.5 Å². The van der Waals surface area contributed by atoms with Crippen LogP contribution in [-0.4, -0.2) is 34.9 Å². The molecular weight excluding hydrogens is 454 g/mol. The van der Waals surface area contributed by atoms with Crippen molar-refractivity contribution < 1.29 is 19.4 Å². The molecule has 1 heterocycles. The van der Waals surface area contributed by atoms with Crippen LogP contribution < -0.4 is 5.43 Å². The van der Waals surface area contributed by atoms with Crippen molar-refractivity contribution in [3.8, 4) is 5.69 Å². The summed E-state index contributed by atoms with van der Waals surface area (Å²) in [7, 11) is 1.35. The second kappa shape index (κ2) is 10.4. The van der Waals surface area contributed by atoms with Gasteiger partial charge in [0.1, 0.15) is 0 Å². The number of aryl methyl sites for hydroxylation is 1. The molecule has 0 saturated carbocycles. The molecule has 36 heavy (non-hydrogen) atoms. The fourth-order valence-corrected chi connectivity index (χ4v) is 4.23. The number of nitrogens with zero attached hydrogens (tertiary/aromatic N) is 2. The highest BCUT2D eigenvalue weighted by atomic mass is 16.5. The number of carbonyl (C=O) groups is 2. The lowest BCUT2D eigenvalue weighted by atomic mass is 9.85. The Morgan fingerprint density at radius 3 is 2.11 bits per heavy atom. The summed E-state index contributed by atoms with van der Waals surface area (Å²) in [6.07, 6.45) is 1.54. The number of hydrogen-bond donors (Lipinski definition) is 2. The van der Waals surface area contributed by atoms with E-state index in [0.29, 0.717) is 16.7 Å². The van der Waals surface area contributed by atoms with Gasteiger partial charge < -0.3 is 14.4 Å². The van der Waals surface area contributed by atoms with Crippen molar-refractivity contribution in [3.05, 3.63) is 125 Å². The largest absolute Gasteiger partial charge is 0.465 e. The number of hydrogen-bond acceptors (Lipinski definition) is 5. The number of aliphatic hydroxyl groups is 1. The predicted octanol–water partition coefficient (Wildman–Crippen LogP) is 4.27. The number of ether oxygens (including phenoxy) is 1. The molecule has 1 aromatic heterocycles. The standard InChI is InChI=1S/C29H27N3O4/c1-20-17-23(21(2)32(20)26-16-10-11-22(18-26)27(33)36-3)19-30-31-28(34)29(35,24-12-6-4-7-13-24)25-14-8-5-9-15-25/h4-19,35H,1-3H3,(H,31,34). The molecule has 3 aromatic carbocycles. The van der Waals surface area contributed by atoms with Crippen molar-refractivity contribution in [2.45, 2.75) is 19.4 Å². The number of aromatic nitrogens is 1. The molecule has 0 aliphatic heterocycles. The first-order chi connectivity index (χ1) is 17.4. The molecule has 0 aliphatic rings. The molecule has 0 saturated heterocycles. The number of methoxy groups -OCH3 is 1. The molecule has 1 amide bonds. The number of benzene rings is 3. The van der Waals surface area contributed by atoms with Crippen molar-refractivity contribution in [1.82, 2.24) is 9.99 Å². The second-order valence-electron chi connectivity index (χ2n) is 8.35. The van der Waals surface area contributed by atoms with E-state index in [0.717, 1.165) is 22.6 Å². The fourth-order valence-electron chi connectivity index (χ4n) is 4.23. The highest BCUT2D eigenvalue weighted by Crippen LogP contribution is 2.30. The first-order valence-corrected chi connectivity index (χ1v) is 11.4. The van der Waals surface area contributed by atoms with Crippen LogP contribution in [0.3, 0.4) is 0 Å². The SMILES string of the molecule is COC(=O)c1cccc(-n2c(C)cc(C=NNC(=O)C(O)(c3ccccc3)c3ccccc3)c2C)c1. The smallest absolute Gasteiger partial charge is 0.337 e. The van der Waals surface area contributed by atoms with Crippen molar-refractivity contribution in [1.29, 1.82) is 0 Å². The summed E-state index contributed by atoms with van der Waals surface area (Å²) in [6.45, 7) is 3.86. The average molecular weight is 482 g/mol. The summed E-state index contributed by atoms with van der Waals surface area (Å²) in [4.78, 5) is 25.2. The van der Waals surface area contributed by atoms with Gasteiger partial charge in [0.15, 0.2) is 5.60 Å². The van der Waals surface area contributed by atoms with Gasteiger partial charge in [-0.1, -0.05) is 66.7 Å². The summed E-state index contributed by atoms with van der Waals surface area (Å²) in [5.74, 6) is -1.08. The zero-order chi connectivity index (χ0) is 25.7. The van der Waals surface area contributed by atoms with Gasteiger partial charge in [0.2, 0.25) is 0 Å². The van der Waals surface area contributed by atoms with Crippen molar-refractivity contribution in [2.75, 3.05) is 7.11 Å². The Kier molecular flexibility index (Phi) is 7.12. The average Bonchev–Trinajstić information content (AvgIpc) is 3.21. The quantitative estimate of drug-likeness (QED) is 0.234. The van der Waals surface area contributed by atoms with E-state index in [1.807, 2.05) is 42.7 Å². The first-order valence-electron chi connectivity index (χ1n) is 11.4. The fraction of sp³-hybridized carbons (Fsp3) is 0.138. The summed E-state index contributed by atoms with van der Waals surface area (Å²) >= 11 is 0. The Morgan fingerprint density at radius 1 is 0.917 bits per heavy atom. The van der Waals surface area contributed by atoms with E-state index < -0.39 is 17.5 Å². The normalized spacial score (nSPS) is 11.4. The Balaban J connectivity index is 1.61. The Labute approximate surface area is 209 Å². The molecule has 7 heteroatoms. The molecule has 0 unspecified atom stereocenters. The number of rotatable bonds is 7. The molecule has 0 atom stereocenters. The molecule has 2 N–H and O–H groups in total. The molecule has 0 aliphatic carbocycles. The van der Waals surface area contributed by atoms with Crippen LogP contribution in [0.2, 0.25) is 0 Å². The summed E-state index contributed by atoms with van der Waals surface area (Å²) < 4.78 is 6.82. The van der Waals surface area contributed by atoms with Crippen LogP contribution in [0.25, 0.3) is 5.69 Å². The van der Waals surface area contributed by atoms with Crippen LogP contribution in [0.4, 0.5) is 0 Å². The topological polar surface area (TPSA) is 92.9 Å². The zero-order valence-electron chi connectivity index (χ0n) is 20.3. The third kappa shape index (κ3) is 4.69. The summed E-state index contributed by atoms with van der Waals surface area (Å²) in [5, 5.41) is 15.7. The third-order valence-electron chi connectivity index (χ3n) is 6.08. The predicted molar refractivity (Wildman–Crippen MR) is 138 cm³/mol. The van der Waals surface area contributed by atoms with Gasteiger partial charge in [-0.3, -0.25) is 4.79 Å². The number of amides is 1. The van der Waals surface area contributed by atoms with E-state index in [1.165, 1.54) is 13.3 Å². The maximum Gasteiger partial charge on any atom is 0.337 e. The highest BCUT2D eigenvalue weighted by molar-refractivity contribution is 5.92. The minimum absolute atomic E-state index is 0.409. The molecular formula is C29H27N3O4. The van der Waals surface area contributed by atoms with Crippen LogP contribution in [0.1, 0.15) is 38.4 Å². The lowest BCUT2D eigenvalue weighted by Gasteiger charge is -2.27. The van der Waals surface area contributed by atoms with Crippen molar-refractivity contribution in [3.63, 3.8) is 0 Å². The minimum Gasteiger partial charge on any atom is -0.465 e. The highest BCUT2D eigenvalue weighted by Gasteiger charge is 2.39. The van der Waals surface area contributed by atoms with Crippen LogP contribution >= 0.6 is 0 Å². The number of hydrazone groups is 1. The van der Waals surface area contributed by atoms with Gasteiger partial charge in [0.05, 0.1) is 18.9 Å². The molecule has 7 nitrogen and oxygen atoms in total.